The number of hydrogen-bond donors (Lipinski definition) is 2. The van der Waals surface area contributed by atoms with E-state index < -0.39 is 0 Å². The average Bonchev–Trinajstić information content (AvgIpc) is 2.66. The molecule has 0 aliphatic heterocycles. The Kier molecular flexibility index (Phi) is 8.61. The van der Waals surface area contributed by atoms with Crippen LogP contribution in [-0.2, 0) is 20.9 Å². The normalized spacial score (nSPS) is 10.3. The van der Waals surface area contributed by atoms with Crippen LogP contribution in [0.1, 0.15) is 18.4 Å². The van der Waals surface area contributed by atoms with Gasteiger partial charge in [-0.05, 0) is 48.4 Å². The highest BCUT2D eigenvalue weighted by molar-refractivity contribution is 6.30. The van der Waals surface area contributed by atoms with E-state index in [-0.39, 0.29) is 18.2 Å². The summed E-state index contributed by atoms with van der Waals surface area (Å²) < 4.78 is 10.6. The molecule has 6 nitrogen and oxygen atoms in total. The van der Waals surface area contributed by atoms with Crippen LogP contribution in [0.3, 0.4) is 0 Å². The first-order valence-electron chi connectivity index (χ1n) is 8.59. The summed E-state index contributed by atoms with van der Waals surface area (Å²) in [5.74, 6) is -0.000527. The van der Waals surface area contributed by atoms with E-state index in [0.29, 0.717) is 42.6 Å². The highest BCUT2D eigenvalue weighted by Gasteiger charge is 2.09. The van der Waals surface area contributed by atoms with Gasteiger partial charge in [-0.1, -0.05) is 23.7 Å². The third-order valence-electron chi connectivity index (χ3n) is 3.63. The molecule has 0 saturated heterocycles. The van der Waals surface area contributed by atoms with Crippen molar-refractivity contribution in [2.45, 2.75) is 19.4 Å². The number of halogens is 1. The molecular weight excluding hydrogens is 368 g/mol. The van der Waals surface area contributed by atoms with Crippen molar-refractivity contribution in [1.82, 2.24) is 5.32 Å². The van der Waals surface area contributed by atoms with Gasteiger partial charge in [0.15, 0.2) is 0 Å². The van der Waals surface area contributed by atoms with E-state index in [1.54, 1.807) is 31.4 Å². The molecule has 0 heterocycles. The van der Waals surface area contributed by atoms with Crippen LogP contribution in [0.2, 0.25) is 5.02 Å². The lowest BCUT2D eigenvalue weighted by molar-refractivity contribution is -0.126. The minimum Gasteiger partial charge on any atom is -0.489 e. The molecule has 2 aromatic rings. The van der Waals surface area contributed by atoms with Gasteiger partial charge in [-0.2, -0.15) is 0 Å². The van der Waals surface area contributed by atoms with Gasteiger partial charge in [0.2, 0.25) is 11.8 Å². The first-order valence-corrected chi connectivity index (χ1v) is 8.97. The molecule has 0 unspecified atom stereocenters. The van der Waals surface area contributed by atoms with E-state index in [0.717, 1.165) is 5.56 Å². The van der Waals surface area contributed by atoms with Crippen molar-refractivity contribution in [1.29, 1.82) is 0 Å². The second kappa shape index (κ2) is 11.2. The third kappa shape index (κ3) is 8.11. The molecule has 0 saturated carbocycles. The fourth-order valence-corrected chi connectivity index (χ4v) is 2.37. The number of benzene rings is 2. The minimum atomic E-state index is -0.367. The predicted molar refractivity (Wildman–Crippen MR) is 105 cm³/mol. The van der Waals surface area contributed by atoms with Crippen LogP contribution < -0.4 is 15.4 Å². The van der Waals surface area contributed by atoms with Gasteiger partial charge in [-0.3, -0.25) is 9.59 Å². The number of ether oxygens (including phenoxy) is 2. The highest BCUT2D eigenvalue weighted by atomic mass is 35.5. The van der Waals surface area contributed by atoms with Crippen molar-refractivity contribution in [2.24, 2.45) is 0 Å². The quantitative estimate of drug-likeness (QED) is 0.481. The van der Waals surface area contributed by atoms with Gasteiger partial charge >= 0.3 is 0 Å². The highest BCUT2D eigenvalue weighted by Crippen LogP contribution is 2.18. The van der Waals surface area contributed by atoms with Crippen LogP contribution >= 0.6 is 11.6 Å². The Morgan fingerprint density at radius 3 is 2.37 bits per heavy atom. The van der Waals surface area contributed by atoms with Crippen molar-refractivity contribution >= 4 is 29.1 Å². The first-order chi connectivity index (χ1) is 13.1. The summed E-state index contributed by atoms with van der Waals surface area (Å²) in [7, 11) is 1.60. The lowest BCUT2D eigenvalue weighted by Gasteiger charge is -2.09. The Labute approximate surface area is 163 Å². The Bertz CT molecular complexity index is 733. The second-order valence-corrected chi connectivity index (χ2v) is 6.30. The molecule has 0 atom stereocenters. The SMILES string of the molecule is COCCCNC(=O)CC(=O)Nc1ccc(OCc2ccc(Cl)cc2)cc1. The summed E-state index contributed by atoms with van der Waals surface area (Å²) in [5.41, 5.74) is 1.61. The van der Waals surface area contributed by atoms with Crippen LogP contribution in [0, 0.1) is 0 Å². The van der Waals surface area contributed by atoms with Gasteiger partial charge in [-0.15, -0.1) is 0 Å². The van der Waals surface area contributed by atoms with E-state index in [4.69, 9.17) is 21.1 Å². The Morgan fingerprint density at radius 1 is 1.00 bits per heavy atom. The van der Waals surface area contributed by atoms with Crippen molar-refractivity contribution in [3.05, 3.63) is 59.1 Å². The maximum Gasteiger partial charge on any atom is 0.233 e. The Morgan fingerprint density at radius 2 is 1.70 bits per heavy atom. The number of methoxy groups -OCH3 is 1. The summed E-state index contributed by atoms with van der Waals surface area (Å²) in [6, 6.07) is 14.4. The molecule has 0 radical (unpaired) electrons. The Hall–Kier alpha value is -2.57. The molecule has 2 amide bonds. The fraction of sp³-hybridized carbons (Fsp3) is 0.300. The van der Waals surface area contributed by atoms with Gasteiger partial charge in [0.25, 0.3) is 0 Å². The van der Waals surface area contributed by atoms with Gasteiger partial charge in [0.1, 0.15) is 18.8 Å². The average molecular weight is 391 g/mol. The van der Waals surface area contributed by atoms with Crippen LogP contribution in [-0.4, -0.2) is 32.1 Å². The van der Waals surface area contributed by atoms with Crippen molar-refractivity contribution in [2.75, 3.05) is 25.6 Å². The lowest BCUT2D eigenvalue weighted by Crippen LogP contribution is -2.29. The number of rotatable bonds is 10. The number of hydrogen-bond acceptors (Lipinski definition) is 4. The number of carbonyl (C=O) groups is 2. The maximum absolute atomic E-state index is 11.9. The zero-order chi connectivity index (χ0) is 19.5. The van der Waals surface area contributed by atoms with Crippen LogP contribution in [0.15, 0.2) is 48.5 Å². The minimum absolute atomic E-state index is 0.220. The molecule has 0 fully saturated rings. The van der Waals surface area contributed by atoms with E-state index >= 15 is 0 Å². The van der Waals surface area contributed by atoms with Crippen LogP contribution in [0.25, 0.3) is 0 Å². The number of carbonyl (C=O) groups excluding carboxylic acids is 2. The predicted octanol–water partition coefficient (Wildman–Crippen LogP) is 3.40. The van der Waals surface area contributed by atoms with Crippen LogP contribution in [0.5, 0.6) is 5.75 Å². The molecule has 2 rings (SSSR count). The number of amides is 2. The first kappa shape index (κ1) is 20.7. The molecule has 2 N–H and O–H groups in total. The van der Waals surface area contributed by atoms with Crippen LogP contribution in [0.4, 0.5) is 5.69 Å². The van der Waals surface area contributed by atoms with Crippen molar-refractivity contribution in [3.8, 4) is 5.75 Å². The van der Waals surface area contributed by atoms with Gasteiger partial charge in [0.05, 0.1) is 0 Å². The zero-order valence-electron chi connectivity index (χ0n) is 15.2. The standard InChI is InChI=1S/C20H23ClN2O4/c1-26-12-2-11-22-19(24)13-20(25)23-17-7-9-18(10-8-17)27-14-15-3-5-16(21)6-4-15/h3-10H,2,11-14H2,1H3,(H,22,24)(H,23,25). The molecule has 27 heavy (non-hydrogen) atoms. The third-order valence-corrected chi connectivity index (χ3v) is 3.88. The molecule has 7 heteroatoms. The number of nitrogens with one attached hydrogen (secondary N) is 2. The number of anilines is 1. The molecule has 144 valence electrons. The molecule has 2 aromatic carbocycles. The zero-order valence-corrected chi connectivity index (χ0v) is 15.9. The molecule has 0 spiro atoms. The summed E-state index contributed by atoms with van der Waals surface area (Å²) in [6.45, 7) is 1.48. The topological polar surface area (TPSA) is 76.7 Å². The summed E-state index contributed by atoms with van der Waals surface area (Å²) in [5, 5.41) is 6.04. The van der Waals surface area contributed by atoms with Crippen molar-refractivity contribution in [3.63, 3.8) is 0 Å². The summed E-state index contributed by atoms with van der Waals surface area (Å²) in [4.78, 5) is 23.6. The van der Waals surface area contributed by atoms with Gasteiger partial charge in [0, 0.05) is 31.0 Å². The largest absolute Gasteiger partial charge is 0.489 e. The smallest absolute Gasteiger partial charge is 0.233 e. The Balaban J connectivity index is 1.73. The molecule has 0 bridgehead atoms. The van der Waals surface area contributed by atoms with Gasteiger partial charge in [-0.25, -0.2) is 0 Å². The maximum atomic E-state index is 11.9. The van der Waals surface area contributed by atoms with Crippen molar-refractivity contribution < 1.29 is 19.1 Å². The molecule has 0 aliphatic carbocycles. The summed E-state index contributed by atoms with van der Waals surface area (Å²) in [6.07, 6.45) is 0.489. The van der Waals surface area contributed by atoms with E-state index in [9.17, 15) is 9.59 Å². The summed E-state index contributed by atoms with van der Waals surface area (Å²) >= 11 is 5.85. The fourth-order valence-electron chi connectivity index (χ4n) is 2.24. The van der Waals surface area contributed by atoms with E-state index in [2.05, 4.69) is 10.6 Å². The molecule has 0 aliphatic rings. The second-order valence-electron chi connectivity index (χ2n) is 5.86. The molecular formula is C20H23ClN2O4. The monoisotopic (exact) mass is 390 g/mol. The van der Waals surface area contributed by atoms with E-state index in [1.165, 1.54) is 0 Å². The van der Waals surface area contributed by atoms with Gasteiger partial charge < -0.3 is 20.1 Å². The lowest BCUT2D eigenvalue weighted by atomic mass is 10.2. The van der Waals surface area contributed by atoms with E-state index in [1.807, 2.05) is 24.3 Å². The molecule has 0 aromatic heterocycles.